The topological polar surface area (TPSA) is 55.1 Å². The smallest absolute Gasteiger partial charge is 0.238 e. The van der Waals surface area contributed by atoms with Crippen molar-refractivity contribution in [3.8, 4) is 0 Å². The van der Waals surface area contributed by atoms with Crippen LogP contribution in [-0.2, 0) is 4.79 Å². The number of amides is 1. The maximum Gasteiger partial charge on any atom is 0.238 e. The van der Waals surface area contributed by atoms with Gasteiger partial charge in [0, 0.05) is 6.07 Å². The van der Waals surface area contributed by atoms with Crippen LogP contribution in [0.15, 0.2) is 10.6 Å². The summed E-state index contributed by atoms with van der Waals surface area (Å²) >= 11 is 1.53. The Bertz CT molecular complexity index is 308. The SMILES string of the molecule is CCC(SC)C(=O)Nc1cc(C)on1. The van der Waals surface area contributed by atoms with E-state index in [2.05, 4.69) is 10.5 Å². The number of carbonyl (C=O) groups excluding carboxylic acids is 1. The molecule has 1 aromatic heterocycles. The van der Waals surface area contributed by atoms with Crippen molar-refractivity contribution < 1.29 is 9.32 Å². The van der Waals surface area contributed by atoms with E-state index in [9.17, 15) is 4.79 Å². The van der Waals surface area contributed by atoms with E-state index in [1.54, 1.807) is 13.0 Å². The summed E-state index contributed by atoms with van der Waals surface area (Å²) in [5.41, 5.74) is 0. The summed E-state index contributed by atoms with van der Waals surface area (Å²) in [6, 6.07) is 1.70. The lowest BCUT2D eigenvalue weighted by molar-refractivity contribution is -0.115. The highest BCUT2D eigenvalue weighted by Crippen LogP contribution is 2.14. The Morgan fingerprint density at radius 1 is 1.79 bits per heavy atom. The maximum atomic E-state index is 11.6. The second-order valence-electron chi connectivity index (χ2n) is 2.94. The average molecular weight is 214 g/mol. The fraction of sp³-hybridized carbons (Fsp3) is 0.556. The molecule has 1 heterocycles. The molecule has 0 radical (unpaired) electrons. The summed E-state index contributed by atoms with van der Waals surface area (Å²) in [6.45, 7) is 3.77. The molecule has 1 aromatic rings. The first-order valence-electron chi connectivity index (χ1n) is 4.44. The lowest BCUT2D eigenvalue weighted by Crippen LogP contribution is -2.24. The van der Waals surface area contributed by atoms with Gasteiger partial charge in [0.1, 0.15) is 5.76 Å². The first-order chi connectivity index (χ1) is 6.67. The molecule has 1 atom stereocenters. The highest BCUT2D eigenvalue weighted by molar-refractivity contribution is 7.99. The zero-order valence-electron chi connectivity index (χ0n) is 8.53. The lowest BCUT2D eigenvalue weighted by atomic mass is 10.3. The minimum Gasteiger partial charge on any atom is -0.360 e. The highest BCUT2D eigenvalue weighted by Gasteiger charge is 2.15. The van der Waals surface area contributed by atoms with Gasteiger partial charge in [0.05, 0.1) is 5.25 Å². The quantitative estimate of drug-likeness (QED) is 0.833. The van der Waals surface area contributed by atoms with Crippen molar-refractivity contribution in [3.63, 3.8) is 0 Å². The molecule has 0 aliphatic heterocycles. The Labute approximate surface area is 87.4 Å². The minimum atomic E-state index is -0.0213. The standard InChI is InChI=1S/C9H14N2O2S/c1-4-7(14-3)9(12)10-8-5-6(2)13-11-8/h5,7H,4H2,1-3H3,(H,10,11,12). The largest absolute Gasteiger partial charge is 0.360 e. The number of aryl methyl sites for hydroxylation is 1. The molecule has 0 saturated heterocycles. The number of aromatic nitrogens is 1. The van der Waals surface area contributed by atoms with E-state index >= 15 is 0 Å². The normalized spacial score (nSPS) is 12.5. The number of nitrogens with zero attached hydrogens (tertiary/aromatic N) is 1. The van der Waals surface area contributed by atoms with Gasteiger partial charge >= 0.3 is 0 Å². The van der Waals surface area contributed by atoms with Crippen molar-refractivity contribution in [2.45, 2.75) is 25.5 Å². The van der Waals surface area contributed by atoms with Crippen LogP contribution in [-0.4, -0.2) is 22.6 Å². The van der Waals surface area contributed by atoms with Crippen LogP contribution in [0.3, 0.4) is 0 Å². The summed E-state index contributed by atoms with van der Waals surface area (Å²) in [5, 5.41) is 6.37. The molecule has 1 rings (SSSR count). The molecule has 14 heavy (non-hydrogen) atoms. The average Bonchev–Trinajstić information content (AvgIpc) is 2.53. The van der Waals surface area contributed by atoms with E-state index in [4.69, 9.17) is 4.52 Å². The fourth-order valence-electron chi connectivity index (χ4n) is 1.09. The number of rotatable bonds is 4. The molecule has 0 aliphatic carbocycles. The van der Waals surface area contributed by atoms with Gasteiger partial charge in [0.25, 0.3) is 0 Å². The molecule has 1 unspecified atom stereocenters. The van der Waals surface area contributed by atoms with E-state index in [0.29, 0.717) is 11.6 Å². The number of thioether (sulfide) groups is 1. The van der Waals surface area contributed by atoms with E-state index < -0.39 is 0 Å². The highest BCUT2D eigenvalue weighted by atomic mass is 32.2. The molecule has 0 spiro atoms. The summed E-state index contributed by atoms with van der Waals surface area (Å²) in [5.74, 6) is 1.16. The van der Waals surface area contributed by atoms with Crippen LogP contribution < -0.4 is 5.32 Å². The number of hydrogen-bond donors (Lipinski definition) is 1. The number of hydrogen-bond acceptors (Lipinski definition) is 4. The van der Waals surface area contributed by atoms with Crippen molar-refractivity contribution in [2.75, 3.05) is 11.6 Å². The van der Waals surface area contributed by atoms with Crippen molar-refractivity contribution >= 4 is 23.5 Å². The zero-order chi connectivity index (χ0) is 10.6. The van der Waals surface area contributed by atoms with Gasteiger partial charge in [-0.1, -0.05) is 12.1 Å². The molecule has 5 heteroatoms. The van der Waals surface area contributed by atoms with E-state index in [1.807, 2.05) is 13.2 Å². The molecular weight excluding hydrogens is 200 g/mol. The van der Waals surface area contributed by atoms with Crippen LogP contribution in [0.2, 0.25) is 0 Å². The molecule has 1 N–H and O–H groups in total. The number of carbonyl (C=O) groups is 1. The van der Waals surface area contributed by atoms with Gasteiger partial charge in [-0.2, -0.15) is 11.8 Å². The number of nitrogens with one attached hydrogen (secondary N) is 1. The molecule has 0 bridgehead atoms. The Hall–Kier alpha value is -0.970. The van der Waals surface area contributed by atoms with Crippen LogP contribution in [0.1, 0.15) is 19.1 Å². The molecular formula is C9H14N2O2S. The van der Waals surface area contributed by atoms with E-state index in [1.165, 1.54) is 11.8 Å². The summed E-state index contributed by atoms with van der Waals surface area (Å²) in [6.07, 6.45) is 2.73. The van der Waals surface area contributed by atoms with Gasteiger partial charge in [-0.3, -0.25) is 4.79 Å². The fourth-order valence-corrected chi connectivity index (χ4v) is 1.70. The minimum absolute atomic E-state index is 0.0201. The molecule has 0 aromatic carbocycles. The molecule has 1 amide bonds. The first-order valence-corrected chi connectivity index (χ1v) is 5.73. The third-order valence-corrected chi connectivity index (χ3v) is 2.94. The van der Waals surface area contributed by atoms with Crippen molar-refractivity contribution in [3.05, 3.63) is 11.8 Å². The second kappa shape index (κ2) is 5.05. The predicted octanol–water partition coefficient (Wildman–Crippen LogP) is 2.06. The zero-order valence-corrected chi connectivity index (χ0v) is 9.35. The predicted molar refractivity (Wildman–Crippen MR) is 57.5 cm³/mol. The van der Waals surface area contributed by atoms with Crippen molar-refractivity contribution in [1.29, 1.82) is 0 Å². The molecule has 4 nitrogen and oxygen atoms in total. The Morgan fingerprint density at radius 3 is 2.93 bits per heavy atom. The van der Waals surface area contributed by atoms with Crippen LogP contribution in [0.5, 0.6) is 0 Å². The van der Waals surface area contributed by atoms with Crippen molar-refractivity contribution in [2.24, 2.45) is 0 Å². The Kier molecular flexibility index (Phi) is 4.00. The third kappa shape index (κ3) is 2.77. The van der Waals surface area contributed by atoms with Crippen LogP contribution in [0.25, 0.3) is 0 Å². The van der Waals surface area contributed by atoms with Crippen LogP contribution in [0.4, 0.5) is 5.82 Å². The monoisotopic (exact) mass is 214 g/mol. The Morgan fingerprint density at radius 2 is 2.50 bits per heavy atom. The van der Waals surface area contributed by atoms with E-state index in [-0.39, 0.29) is 11.2 Å². The number of anilines is 1. The maximum absolute atomic E-state index is 11.6. The summed E-state index contributed by atoms with van der Waals surface area (Å²) in [4.78, 5) is 11.6. The van der Waals surface area contributed by atoms with Crippen molar-refractivity contribution in [1.82, 2.24) is 5.16 Å². The van der Waals surface area contributed by atoms with Crippen LogP contribution >= 0.6 is 11.8 Å². The molecule has 0 fully saturated rings. The molecule has 0 saturated carbocycles. The van der Waals surface area contributed by atoms with Gasteiger partial charge in [0.2, 0.25) is 5.91 Å². The molecule has 0 aliphatic rings. The Balaban J connectivity index is 2.56. The third-order valence-electron chi connectivity index (χ3n) is 1.83. The van der Waals surface area contributed by atoms with Gasteiger partial charge < -0.3 is 9.84 Å². The molecule has 78 valence electrons. The van der Waals surface area contributed by atoms with Gasteiger partial charge in [0.15, 0.2) is 5.82 Å². The first kappa shape index (κ1) is 11.1. The summed E-state index contributed by atoms with van der Waals surface area (Å²) < 4.78 is 4.84. The van der Waals surface area contributed by atoms with Crippen LogP contribution in [0, 0.1) is 6.92 Å². The van der Waals surface area contributed by atoms with E-state index in [0.717, 1.165) is 6.42 Å². The van der Waals surface area contributed by atoms with Gasteiger partial charge in [-0.25, -0.2) is 0 Å². The van der Waals surface area contributed by atoms with Gasteiger partial charge in [-0.05, 0) is 19.6 Å². The van der Waals surface area contributed by atoms with Gasteiger partial charge in [-0.15, -0.1) is 0 Å². The summed E-state index contributed by atoms with van der Waals surface area (Å²) in [7, 11) is 0. The second-order valence-corrected chi connectivity index (χ2v) is 3.99. The lowest BCUT2D eigenvalue weighted by Gasteiger charge is -2.09.